The van der Waals surface area contributed by atoms with Crippen LogP contribution in [0.3, 0.4) is 0 Å². The highest BCUT2D eigenvalue weighted by Gasteiger charge is 2.21. The van der Waals surface area contributed by atoms with Crippen LogP contribution in [0.25, 0.3) is 0 Å². The molecule has 1 aliphatic heterocycles. The summed E-state index contributed by atoms with van der Waals surface area (Å²) < 4.78 is 0. The molecule has 3 rings (SSSR count). The highest BCUT2D eigenvalue weighted by Crippen LogP contribution is 2.27. The van der Waals surface area contributed by atoms with Crippen molar-refractivity contribution >= 4 is 11.6 Å². The molecule has 120 valence electrons. The van der Waals surface area contributed by atoms with Crippen LogP contribution in [0.1, 0.15) is 54.1 Å². The molecule has 0 N–H and O–H groups in total. The highest BCUT2D eigenvalue weighted by molar-refractivity contribution is 6.06. The van der Waals surface area contributed by atoms with Crippen LogP contribution in [-0.2, 0) is 12.8 Å². The largest absolute Gasteiger partial charge is 0.308 e. The molecular weight excluding hydrogens is 282 g/mol. The first kappa shape index (κ1) is 15.8. The second-order valence-corrected chi connectivity index (χ2v) is 6.34. The normalized spacial score (nSPS) is 14.2. The number of hydrogen-bond donors (Lipinski definition) is 0. The summed E-state index contributed by atoms with van der Waals surface area (Å²) in [6.45, 7) is 3.02. The Morgan fingerprint density at radius 3 is 2.61 bits per heavy atom. The van der Waals surface area contributed by atoms with Crippen LogP contribution in [0.5, 0.6) is 0 Å². The number of benzene rings is 2. The van der Waals surface area contributed by atoms with Crippen molar-refractivity contribution in [1.29, 1.82) is 0 Å². The first-order valence-corrected chi connectivity index (χ1v) is 8.78. The van der Waals surface area contributed by atoms with Gasteiger partial charge in [0.2, 0.25) is 0 Å². The number of para-hydroxylation sites is 1. The molecule has 2 nitrogen and oxygen atoms in total. The number of fused-ring (bicyclic) bond motifs is 1. The van der Waals surface area contributed by atoms with E-state index in [0.29, 0.717) is 0 Å². The second kappa shape index (κ2) is 7.45. The molecule has 1 aliphatic rings. The van der Waals surface area contributed by atoms with Crippen LogP contribution in [0.4, 0.5) is 5.69 Å². The molecule has 0 aliphatic carbocycles. The van der Waals surface area contributed by atoms with E-state index in [1.54, 1.807) is 0 Å². The molecule has 0 saturated heterocycles. The van der Waals surface area contributed by atoms with E-state index in [2.05, 4.69) is 37.3 Å². The highest BCUT2D eigenvalue weighted by atomic mass is 16.2. The average molecular weight is 307 g/mol. The predicted octanol–water partition coefficient (Wildman–Crippen LogP) is 5.01. The molecule has 0 aromatic heterocycles. The van der Waals surface area contributed by atoms with Crippen molar-refractivity contribution in [3.05, 3.63) is 65.2 Å². The van der Waals surface area contributed by atoms with Crippen molar-refractivity contribution in [2.75, 3.05) is 11.4 Å². The minimum Gasteiger partial charge on any atom is -0.308 e. The van der Waals surface area contributed by atoms with Crippen molar-refractivity contribution in [3.63, 3.8) is 0 Å². The maximum atomic E-state index is 13.0. The lowest BCUT2D eigenvalue weighted by Gasteiger charge is -2.23. The maximum Gasteiger partial charge on any atom is 0.258 e. The Bertz CT molecular complexity index is 660. The predicted molar refractivity (Wildman–Crippen MR) is 96.1 cm³/mol. The maximum absolute atomic E-state index is 13.0. The summed E-state index contributed by atoms with van der Waals surface area (Å²) in [7, 11) is 0. The Morgan fingerprint density at radius 2 is 1.83 bits per heavy atom. The first-order chi connectivity index (χ1) is 11.3. The fraction of sp³-hybridized carbons (Fsp3) is 0.381. The first-order valence-electron chi connectivity index (χ1n) is 8.78. The third kappa shape index (κ3) is 3.64. The quantitative estimate of drug-likeness (QED) is 0.777. The van der Waals surface area contributed by atoms with Gasteiger partial charge in [-0.25, -0.2) is 0 Å². The van der Waals surface area contributed by atoms with E-state index in [1.165, 1.54) is 24.0 Å². The summed E-state index contributed by atoms with van der Waals surface area (Å²) in [5.41, 5.74) is 4.49. The number of hydrogen-bond acceptors (Lipinski definition) is 1. The summed E-state index contributed by atoms with van der Waals surface area (Å²) >= 11 is 0. The molecule has 0 atom stereocenters. The van der Waals surface area contributed by atoms with Crippen LogP contribution in [0.15, 0.2) is 48.5 Å². The molecule has 0 radical (unpaired) electrons. The molecule has 2 aromatic carbocycles. The molecule has 2 aromatic rings. The van der Waals surface area contributed by atoms with Crippen LogP contribution < -0.4 is 4.90 Å². The van der Waals surface area contributed by atoms with E-state index < -0.39 is 0 Å². The Balaban J connectivity index is 1.82. The molecule has 0 unspecified atom stereocenters. The van der Waals surface area contributed by atoms with E-state index in [4.69, 9.17) is 0 Å². The zero-order chi connectivity index (χ0) is 16.1. The fourth-order valence-corrected chi connectivity index (χ4v) is 3.25. The van der Waals surface area contributed by atoms with E-state index in [0.717, 1.165) is 43.5 Å². The minimum atomic E-state index is 0.126. The van der Waals surface area contributed by atoms with Gasteiger partial charge in [0, 0.05) is 17.8 Å². The second-order valence-electron chi connectivity index (χ2n) is 6.34. The Morgan fingerprint density at radius 1 is 1.04 bits per heavy atom. The van der Waals surface area contributed by atoms with Crippen LogP contribution in [0.2, 0.25) is 0 Å². The summed E-state index contributed by atoms with van der Waals surface area (Å²) in [5.74, 6) is 0.126. The van der Waals surface area contributed by atoms with E-state index >= 15 is 0 Å². The Hall–Kier alpha value is -2.09. The number of rotatable bonds is 4. The molecule has 23 heavy (non-hydrogen) atoms. The van der Waals surface area contributed by atoms with Gasteiger partial charge in [-0.1, -0.05) is 43.7 Å². The van der Waals surface area contributed by atoms with Gasteiger partial charge in [0.25, 0.3) is 5.91 Å². The standard InChI is InChI=1S/C21H25NO/c1-2-3-8-17-12-14-19(15-13-17)21(23)22-16-7-6-10-18-9-4-5-11-20(18)22/h4-5,9,11-15H,2-3,6-8,10,16H2,1H3. The molecule has 0 fully saturated rings. The lowest BCUT2D eigenvalue weighted by atomic mass is 10.0. The van der Waals surface area contributed by atoms with Gasteiger partial charge in [-0.3, -0.25) is 4.79 Å². The van der Waals surface area contributed by atoms with Gasteiger partial charge in [0.1, 0.15) is 0 Å². The SMILES string of the molecule is CCCCc1ccc(C(=O)N2CCCCc3ccccc32)cc1. The Kier molecular flexibility index (Phi) is 5.12. The Labute approximate surface area is 139 Å². The number of anilines is 1. The molecule has 2 heteroatoms. The monoisotopic (exact) mass is 307 g/mol. The van der Waals surface area contributed by atoms with Crippen LogP contribution in [0, 0.1) is 0 Å². The lowest BCUT2D eigenvalue weighted by Crippen LogP contribution is -2.31. The van der Waals surface area contributed by atoms with Crippen molar-refractivity contribution in [1.82, 2.24) is 0 Å². The molecule has 1 heterocycles. The summed E-state index contributed by atoms with van der Waals surface area (Å²) in [6.07, 6.45) is 6.78. The fourth-order valence-electron chi connectivity index (χ4n) is 3.25. The number of aryl methyl sites for hydroxylation is 2. The number of nitrogens with zero attached hydrogens (tertiary/aromatic N) is 1. The number of carbonyl (C=O) groups is 1. The van der Waals surface area contributed by atoms with Gasteiger partial charge in [0.15, 0.2) is 0 Å². The number of carbonyl (C=O) groups excluding carboxylic acids is 1. The van der Waals surface area contributed by atoms with Gasteiger partial charge in [-0.15, -0.1) is 0 Å². The summed E-state index contributed by atoms with van der Waals surface area (Å²) in [6, 6.07) is 16.5. The van der Waals surface area contributed by atoms with Crippen molar-refractivity contribution in [2.45, 2.75) is 45.4 Å². The van der Waals surface area contributed by atoms with Crippen molar-refractivity contribution in [2.24, 2.45) is 0 Å². The molecule has 0 saturated carbocycles. The van der Waals surface area contributed by atoms with Crippen LogP contribution in [-0.4, -0.2) is 12.5 Å². The van der Waals surface area contributed by atoms with Gasteiger partial charge in [-0.2, -0.15) is 0 Å². The van der Waals surface area contributed by atoms with E-state index in [-0.39, 0.29) is 5.91 Å². The molecular formula is C21H25NO. The van der Waals surface area contributed by atoms with Gasteiger partial charge < -0.3 is 4.90 Å². The number of amides is 1. The third-order valence-corrected chi connectivity index (χ3v) is 4.63. The molecule has 0 spiro atoms. The third-order valence-electron chi connectivity index (χ3n) is 4.63. The van der Waals surface area contributed by atoms with Crippen molar-refractivity contribution in [3.8, 4) is 0 Å². The summed E-state index contributed by atoms with van der Waals surface area (Å²) in [5, 5.41) is 0. The van der Waals surface area contributed by atoms with Gasteiger partial charge >= 0.3 is 0 Å². The zero-order valence-electron chi connectivity index (χ0n) is 13.9. The average Bonchev–Trinajstić information content (AvgIpc) is 2.82. The topological polar surface area (TPSA) is 20.3 Å². The van der Waals surface area contributed by atoms with Gasteiger partial charge in [0.05, 0.1) is 0 Å². The minimum absolute atomic E-state index is 0.126. The molecule has 0 bridgehead atoms. The summed E-state index contributed by atoms with van der Waals surface area (Å²) in [4.78, 5) is 14.9. The van der Waals surface area contributed by atoms with Crippen molar-refractivity contribution < 1.29 is 4.79 Å². The van der Waals surface area contributed by atoms with Crippen LogP contribution >= 0.6 is 0 Å². The van der Waals surface area contributed by atoms with Gasteiger partial charge in [-0.05, 0) is 61.4 Å². The molecule has 1 amide bonds. The number of unbranched alkanes of at least 4 members (excludes halogenated alkanes) is 1. The zero-order valence-corrected chi connectivity index (χ0v) is 13.9. The smallest absolute Gasteiger partial charge is 0.258 e. The van der Waals surface area contributed by atoms with E-state index in [1.807, 2.05) is 23.1 Å². The lowest BCUT2D eigenvalue weighted by molar-refractivity contribution is 0.0987. The van der Waals surface area contributed by atoms with E-state index in [9.17, 15) is 4.79 Å².